The topological polar surface area (TPSA) is 100 Å². The number of benzene rings is 2. The van der Waals surface area contributed by atoms with Gasteiger partial charge in [0, 0.05) is 13.1 Å². The van der Waals surface area contributed by atoms with E-state index in [9.17, 15) is 14.9 Å². The number of halogens is 1. The molecule has 0 radical (unpaired) electrons. The van der Waals surface area contributed by atoms with Gasteiger partial charge in [0.2, 0.25) is 0 Å². The van der Waals surface area contributed by atoms with E-state index in [2.05, 4.69) is 10.2 Å². The minimum absolute atomic E-state index is 0.0407. The first-order chi connectivity index (χ1) is 12.5. The summed E-state index contributed by atoms with van der Waals surface area (Å²) in [6.45, 7) is 0. The minimum Gasteiger partial charge on any atom is -0.421 e. The molecule has 0 atom stereocenters. The van der Waals surface area contributed by atoms with E-state index in [-0.39, 0.29) is 22.0 Å². The quantitative estimate of drug-likeness (QED) is 0.283. The largest absolute Gasteiger partial charge is 0.421 e. The molecule has 26 heavy (non-hydrogen) atoms. The molecule has 0 unspecified atom stereocenters. The number of nitro benzene ring substituents is 1. The van der Waals surface area contributed by atoms with Crippen molar-refractivity contribution in [2.24, 2.45) is 7.05 Å². The zero-order valence-electron chi connectivity index (χ0n) is 13.3. The number of carbonyl (C=O) groups is 1. The van der Waals surface area contributed by atoms with Crippen molar-refractivity contribution in [3.8, 4) is 5.75 Å². The van der Waals surface area contributed by atoms with Gasteiger partial charge in [-0.1, -0.05) is 23.7 Å². The van der Waals surface area contributed by atoms with Crippen LogP contribution in [0.25, 0.3) is 0 Å². The molecule has 1 aromatic heterocycles. The van der Waals surface area contributed by atoms with Gasteiger partial charge in [0.05, 0.1) is 20.4 Å². The molecule has 0 aliphatic rings. The molecule has 1 heterocycles. The number of rotatable bonds is 5. The van der Waals surface area contributed by atoms with E-state index >= 15 is 0 Å². The van der Waals surface area contributed by atoms with E-state index in [1.165, 1.54) is 24.5 Å². The number of aromatic nitrogens is 3. The first-order valence-electron chi connectivity index (χ1n) is 7.22. The van der Waals surface area contributed by atoms with Gasteiger partial charge in [0.1, 0.15) is 12.1 Å². The van der Waals surface area contributed by atoms with Crippen LogP contribution in [0, 0.1) is 10.1 Å². The Morgan fingerprint density at radius 1 is 1.31 bits per heavy atom. The molecule has 0 fully saturated rings. The first kappa shape index (κ1) is 17.9. The monoisotopic (exact) mass is 390 g/mol. The third kappa shape index (κ3) is 3.84. The van der Waals surface area contributed by atoms with Gasteiger partial charge in [-0.3, -0.25) is 10.1 Å². The van der Waals surface area contributed by atoms with Gasteiger partial charge in [0.15, 0.2) is 5.16 Å². The lowest BCUT2D eigenvalue weighted by Crippen LogP contribution is -2.09. The van der Waals surface area contributed by atoms with Crippen molar-refractivity contribution in [2.75, 3.05) is 0 Å². The van der Waals surface area contributed by atoms with Crippen molar-refractivity contribution in [1.82, 2.24) is 14.8 Å². The van der Waals surface area contributed by atoms with E-state index in [0.717, 1.165) is 17.8 Å². The van der Waals surface area contributed by atoms with Gasteiger partial charge in [0.25, 0.3) is 5.69 Å². The van der Waals surface area contributed by atoms with Gasteiger partial charge < -0.3 is 9.30 Å². The van der Waals surface area contributed by atoms with Crippen molar-refractivity contribution >= 4 is 35.0 Å². The second kappa shape index (κ2) is 7.54. The maximum atomic E-state index is 12.3. The van der Waals surface area contributed by atoms with Crippen LogP contribution in [0.1, 0.15) is 10.4 Å². The predicted molar refractivity (Wildman–Crippen MR) is 94.6 cm³/mol. The fourth-order valence-electron chi connectivity index (χ4n) is 2.02. The molecule has 132 valence electrons. The zero-order chi connectivity index (χ0) is 18.7. The molecule has 0 saturated heterocycles. The van der Waals surface area contributed by atoms with E-state index < -0.39 is 10.9 Å². The smallest absolute Gasteiger partial charge is 0.343 e. The van der Waals surface area contributed by atoms with Crippen LogP contribution < -0.4 is 4.74 Å². The van der Waals surface area contributed by atoms with Crippen molar-refractivity contribution < 1.29 is 14.5 Å². The third-order valence-electron chi connectivity index (χ3n) is 3.30. The Morgan fingerprint density at radius 2 is 2.08 bits per heavy atom. The van der Waals surface area contributed by atoms with Crippen molar-refractivity contribution in [2.45, 2.75) is 10.1 Å². The van der Waals surface area contributed by atoms with Gasteiger partial charge in [-0.15, -0.1) is 10.2 Å². The fourth-order valence-corrected chi connectivity index (χ4v) is 3.05. The van der Waals surface area contributed by atoms with Crippen molar-refractivity contribution in [1.29, 1.82) is 0 Å². The summed E-state index contributed by atoms with van der Waals surface area (Å²) in [5.74, 6) is -0.559. The third-order valence-corrected chi connectivity index (χ3v) is 4.73. The molecule has 0 bridgehead atoms. The normalized spacial score (nSPS) is 10.5. The van der Waals surface area contributed by atoms with Gasteiger partial charge in [-0.25, -0.2) is 4.79 Å². The molecule has 3 rings (SSSR count). The standard InChI is InChI=1S/C16H11ClN4O4S/c1-20-9-18-19-16(20)26-14-7-6-10(8-12(14)21(23)24)15(22)25-13-5-3-2-4-11(13)17/h2-9H,1H3. The van der Waals surface area contributed by atoms with E-state index in [1.807, 2.05) is 0 Å². The number of aryl methyl sites for hydroxylation is 1. The number of esters is 1. The van der Waals surface area contributed by atoms with Crippen LogP contribution >= 0.6 is 23.4 Å². The number of carbonyl (C=O) groups excluding carboxylic acids is 1. The number of ether oxygens (including phenoxy) is 1. The number of hydrogen-bond acceptors (Lipinski definition) is 7. The lowest BCUT2D eigenvalue weighted by Gasteiger charge is -2.07. The molecule has 0 spiro atoms. The Morgan fingerprint density at radius 3 is 2.73 bits per heavy atom. The Balaban J connectivity index is 1.88. The highest BCUT2D eigenvalue weighted by Crippen LogP contribution is 2.34. The summed E-state index contributed by atoms with van der Waals surface area (Å²) in [6, 6.07) is 10.6. The van der Waals surface area contributed by atoms with Crippen LogP contribution in [0.5, 0.6) is 5.75 Å². The summed E-state index contributed by atoms with van der Waals surface area (Å²) in [5.41, 5.74) is -0.189. The van der Waals surface area contributed by atoms with Crippen LogP contribution in [-0.2, 0) is 7.05 Å². The van der Waals surface area contributed by atoms with E-state index in [0.29, 0.717) is 10.1 Å². The molecule has 0 aliphatic carbocycles. The average molecular weight is 391 g/mol. The maximum Gasteiger partial charge on any atom is 0.343 e. The summed E-state index contributed by atoms with van der Waals surface area (Å²) in [5, 5.41) is 19.8. The summed E-state index contributed by atoms with van der Waals surface area (Å²) in [4.78, 5) is 23.5. The molecule has 3 aromatic rings. The summed E-state index contributed by atoms with van der Waals surface area (Å²) in [6.07, 6.45) is 1.49. The van der Waals surface area contributed by atoms with Crippen molar-refractivity contribution in [3.63, 3.8) is 0 Å². The molecule has 0 saturated carbocycles. The number of para-hydroxylation sites is 1. The van der Waals surface area contributed by atoms with E-state index in [4.69, 9.17) is 16.3 Å². The first-order valence-corrected chi connectivity index (χ1v) is 8.42. The molecule has 0 aliphatic heterocycles. The van der Waals surface area contributed by atoms with Gasteiger partial charge in [-0.2, -0.15) is 0 Å². The van der Waals surface area contributed by atoms with Crippen molar-refractivity contribution in [3.05, 3.63) is 69.5 Å². The van der Waals surface area contributed by atoms with Crippen LogP contribution in [0.2, 0.25) is 5.02 Å². The summed E-state index contributed by atoms with van der Waals surface area (Å²) >= 11 is 7.03. The Kier molecular flexibility index (Phi) is 5.19. The molecular weight excluding hydrogens is 380 g/mol. The molecule has 0 N–H and O–H groups in total. The van der Waals surface area contributed by atoms with E-state index in [1.54, 1.807) is 29.8 Å². The summed E-state index contributed by atoms with van der Waals surface area (Å²) in [7, 11) is 1.73. The van der Waals surface area contributed by atoms with Gasteiger partial charge >= 0.3 is 5.97 Å². The zero-order valence-corrected chi connectivity index (χ0v) is 14.9. The number of nitro groups is 1. The molecule has 0 amide bonds. The molecule has 2 aromatic carbocycles. The number of hydrogen-bond donors (Lipinski definition) is 0. The minimum atomic E-state index is -0.739. The van der Waals surface area contributed by atoms with Crippen LogP contribution in [0.3, 0.4) is 0 Å². The maximum absolute atomic E-state index is 12.3. The second-order valence-electron chi connectivity index (χ2n) is 5.09. The van der Waals surface area contributed by atoms with Crippen LogP contribution in [-0.4, -0.2) is 25.7 Å². The van der Waals surface area contributed by atoms with Crippen LogP contribution in [0.4, 0.5) is 5.69 Å². The molecular formula is C16H11ClN4O4S. The second-order valence-corrected chi connectivity index (χ2v) is 6.50. The Labute approximate surface area is 156 Å². The highest BCUT2D eigenvalue weighted by atomic mass is 35.5. The highest BCUT2D eigenvalue weighted by Gasteiger charge is 2.21. The molecule has 10 heteroatoms. The van der Waals surface area contributed by atoms with Gasteiger partial charge in [-0.05, 0) is 36.0 Å². The fraction of sp³-hybridized carbons (Fsp3) is 0.0625. The Hall–Kier alpha value is -2.91. The highest BCUT2D eigenvalue weighted by molar-refractivity contribution is 7.99. The number of nitrogens with zero attached hydrogens (tertiary/aromatic N) is 4. The average Bonchev–Trinajstić information content (AvgIpc) is 3.02. The SMILES string of the molecule is Cn1cnnc1Sc1ccc(C(=O)Oc2ccccc2Cl)cc1[N+](=O)[O-]. The molecule has 8 nitrogen and oxygen atoms in total. The van der Waals surface area contributed by atoms with Crippen LogP contribution in [0.15, 0.2) is 58.8 Å². The summed E-state index contributed by atoms with van der Waals surface area (Å²) < 4.78 is 6.84. The lowest BCUT2D eigenvalue weighted by atomic mass is 10.2. The Bertz CT molecular complexity index is 992. The lowest BCUT2D eigenvalue weighted by molar-refractivity contribution is -0.387. The predicted octanol–water partition coefficient (Wildman–Crippen LogP) is 3.75.